The number of imide groups is 1. The lowest BCUT2D eigenvalue weighted by Gasteiger charge is -2.38. The highest BCUT2D eigenvalue weighted by molar-refractivity contribution is 9.11. The van der Waals surface area contributed by atoms with E-state index in [1.165, 1.54) is 6.08 Å². The van der Waals surface area contributed by atoms with E-state index < -0.39 is 47.2 Å². The highest BCUT2D eigenvalue weighted by atomic mass is 79.9. The van der Waals surface area contributed by atoms with Crippen molar-refractivity contribution in [3.05, 3.63) is 10.6 Å². The smallest absolute Gasteiger partial charge is 0.417 e. The molecule has 0 saturated carbocycles. The average Bonchev–Trinajstić information content (AvgIpc) is 3.02. The first-order valence-electron chi connectivity index (χ1n) is 12.8. The van der Waals surface area contributed by atoms with Crippen molar-refractivity contribution in [2.24, 2.45) is 11.8 Å². The van der Waals surface area contributed by atoms with Crippen LogP contribution < -0.4 is 0 Å². The molecule has 0 aliphatic carbocycles. The molecule has 0 radical (unpaired) electrons. The van der Waals surface area contributed by atoms with E-state index in [0.717, 1.165) is 49.8 Å². The van der Waals surface area contributed by atoms with Gasteiger partial charge in [0.05, 0.1) is 16.4 Å². The molecule has 0 aromatic rings. The van der Waals surface area contributed by atoms with Gasteiger partial charge in [0, 0.05) is 13.0 Å². The number of aliphatic hydroxyl groups is 2. The van der Waals surface area contributed by atoms with Gasteiger partial charge < -0.3 is 19.7 Å². The lowest BCUT2D eigenvalue weighted by atomic mass is 9.87. The van der Waals surface area contributed by atoms with Gasteiger partial charge in [0.2, 0.25) is 5.91 Å². The molecule has 2 amide bonds. The summed E-state index contributed by atoms with van der Waals surface area (Å²) in [5.41, 5.74) is -0.847. The largest absolute Gasteiger partial charge is 0.441 e. The minimum absolute atomic E-state index is 0.0452. The molecular formula is C26H42BrNO7. The number of cyclic esters (lactones) is 1. The Morgan fingerprint density at radius 2 is 1.60 bits per heavy atom. The normalized spacial score (nSPS) is 27.2. The van der Waals surface area contributed by atoms with Gasteiger partial charge in [-0.05, 0) is 54.6 Å². The molecule has 1 saturated heterocycles. The van der Waals surface area contributed by atoms with Crippen molar-refractivity contribution in [1.29, 1.82) is 0 Å². The van der Waals surface area contributed by atoms with E-state index in [1.807, 2.05) is 13.8 Å². The molecule has 9 heteroatoms. The van der Waals surface area contributed by atoms with E-state index in [0.29, 0.717) is 6.42 Å². The van der Waals surface area contributed by atoms with Gasteiger partial charge in [0.25, 0.3) is 0 Å². The van der Waals surface area contributed by atoms with Crippen LogP contribution in [0.5, 0.6) is 0 Å². The van der Waals surface area contributed by atoms with Crippen LogP contribution in [0.15, 0.2) is 10.6 Å². The molecule has 2 rings (SSSR count). The molecule has 2 aliphatic rings. The van der Waals surface area contributed by atoms with Crippen LogP contribution >= 0.6 is 15.9 Å². The van der Waals surface area contributed by atoms with Crippen LogP contribution in [0.25, 0.3) is 0 Å². The van der Waals surface area contributed by atoms with Crippen LogP contribution in [-0.4, -0.2) is 63.0 Å². The fourth-order valence-corrected chi connectivity index (χ4v) is 5.66. The summed E-state index contributed by atoms with van der Waals surface area (Å²) in [5, 5.41) is 20.0. The van der Waals surface area contributed by atoms with Crippen molar-refractivity contribution in [1.82, 2.24) is 4.90 Å². The quantitative estimate of drug-likeness (QED) is 0.310. The van der Waals surface area contributed by atoms with Gasteiger partial charge >= 0.3 is 6.09 Å². The van der Waals surface area contributed by atoms with Crippen molar-refractivity contribution in [2.75, 3.05) is 6.61 Å². The lowest BCUT2D eigenvalue weighted by molar-refractivity contribution is -0.217. The Morgan fingerprint density at radius 1 is 1.06 bits per heavy atom. The second kappa shape index (κ2) is 12.8. The van der Waals surface area contributed by atoms with Crippen molar-refractivity contribution < 1.29 is 34.1 Å². The standard InChI is InChI=1S/C26H42BrNO7/c1-17(2)22-25(4,5)35-24(32)28(22)23(31)18(3)21-19(30)16-20(27)26(33,34-21)14-12-10-8-6-7-9-11-13-15-29/h16-18,21-22,29,33H,6-15H2,1-5H3. The summed E-state index contributed by atoms with van der Waals surface area (Å²) in [6.45, 7) is 9.15. The Balaban J connectivity index is 1.99. The second-order valence-electron chi connectivity index (χ2n) is 10.7. The minimum atomic E-state index is -1.70. The summed E-state index contributed by atoms with van der Waals surface area (Å²) in [6, 6.07) is -0.478. The number of amides is 2. The Labute approximate surface area is 217 Å². The van der Waals surface area contributed by atoms with Crippen LogP contribution in [0.4, 0.5) is 4.79 Å². The maximum atomic E-state index is 13.4. The third-order valence-electron chi connectivity index (χ3n) is 6.92. The molecule has 0 aromatic heterocycles. The van der Waals surface area contributed by atoms with Gasteiger partial charge in [-0.15, -0.1) is 0 Å². The number of ketones is 1. The average molecular weight is 561 g/mol. The SMILES string of the molecule is CC(C)C1N(C(=O)C(C)C2OC(O)(CCCCCCCCCCO)C(Br)=CC2=O)C(=O)OC1(C)C. The Morgan fingerprint density at radius 3 is 2.14 bits per heavy atom. The number of rotatable bonds is 13. The second-order valence-corrected chi connectivity index (χ2v) is 11.5. The van der Waals surface area contributed by atoms with Crippen LogP contribution in [0, 0.1) is 11.8 Å². The van der Waals surface area contributed by atoms with Crippen LogP contribution in [0.2, 0.25) is 0 Å². The fourth-order valence-electron chi connectivity index (χ4n) is 5.14. The number of aliphatic hydroxyl groups excluding tert-OH is 1. The van der Waals surface area contributed by atoms with Crippen LogP contribution in [0.3, 0.4) is 0 Å². The van der Waals surface area contributed by atoms with Gasteiger partial charge in [0.15, 0.2) is 11.6 Å². The molecule has 2 heterocycles. The van der Waals surface area contributed by atoms with Gasteiger partial charge in [-0.25, -0.2) is 9.69 Å². The zero-order valence-corrected chi connectivity index (χ0v) is 23.3. The molecule has 4 unspecified atom stereocenters. The predicted molar refractivity (Wildman–Crippen MR) is 136 cm³/mol. The Bertz CT molecular complexity index is 797. The summed E-state index contributed by atoms with van der Waals surface area (Å²) in [5.74, 6) is -3.70. The van der Waals surface area contributed by atoms with E-state index in [2.05, 4.69) is 15.9 Å². The highest BCUT2D eigenvalue weighted by Gasteiger charge is 2.54. The lowest BCUT2D eigenvalue weighted by Crippen LogP contribution is -2.54. The molecular weight excluding hydrogens is 518 g/mol. The molecule has 2 aliphatic heterocycles. The number of ether oxygens (including phenoxy) is 2. The molecule has 0 bridgehead atoms. The minimum Gasteiger partial charge on any atom is -0.441 e. The van der Waals surface area contributed by atoms with Crippen molar-refractivity contribution in [3.63, 3.8) is 0 Å². The third kappa shape index (κ3) is 7.37. The maximum Gasteiger partial charge on any atom is 0.417 e. The Kier molecular flexibility index (Phi) is 10.9. The molecule has 35 heavy (non-hydrogen) atoms. The topological polar surface area (TPSA) is 113 Å². The summed E-state index contributed by atoms with van der Waals surface area (Å²) >= 11 is 3.28. The van der Waals surface area contributed by atoms with Gasteiger partial charge in [-0.3, -0.25) is 9.59 Å². The number of unbranched alkanes of at least 4 members (excludes halogenated alkanes) is 7. The third-order valence-corrected chi connectivity index (χ3v) is 7.77. The van der Waals surface area contributed by atoms with E-state index in [9.17, 15) is 19.5 Å². The van der Waals surface area contributed by atoms with Crippen molar-refractivity contribution in [3.8, 4) is 0 Å². The van der Waals surface area contributed by atoms with Crippen molar-refractivity contribution >= 4 is 33.7 Å². The van der Waals surface area contributed by atoms with E-state index in [-0.39, 0.29) is 23.4 Å². The first-order valence-corrected chi connectivity index (χ1v) is 13.6. The van der Waals surface area contributed by atoms with Gasteiger partial charge in [-0.1, -0.05) is 59.3 Å². The number of hydrogen-bond donors (Lipinski definition) is 2. The highest BCUT2D eigenvalue weighted by Crippen LogP contribution is 2.39. The number of halogens is 1. The summed E-state index contributed by atoms with van der Waals surface area (Å²) in [6.07, 6.45) is 7.47. The molecule has 0 spiro atoms. The molecule has 4 atom stereocenters. The van der Waals surface area contributed by atoms with E-state index >= 15 is 0 Å². The van der Waals surface area contributed by atoms with Crippen LogP contribution in [0.1, 0.15) is 92.4 Å². The first-order chi connectivity index (χ1) is 16.4. The number of nitrogens with zero attached hydrogens (tertiary/aromatic N) is 1. The van der Waals surface area contributed by atoms with E-state index in [4.69, 9.17) is 14.6 Å². The molecule has 2 N–H and O–H groups in total. The number of hydrogen-bond acceptors (Lipinski definition) is 7. The van der Waals surface area contributed by atoms with E-state index in [1.54, 1.807) is 20.8 Å². The molecule has 1 fully saturated rings. The zero-order valence-electron chi connectivity index (χ0n) is 21.7. The molecule has 0 aromatic carbocycles. The number of carbonyl (C=O) groups is 3. The molecule has 200 valence electrons. The van der Waals surface area contributed by atoms with Gasteiger partial charge in [0.1, 0.15) is 11.7 Å². The summed E-state index contributed by atoms with van der Waals surface area (Å²) in [4.78, 5) is 39.8. The zero-order chi connectivity index (χ0) is 26.4. The molecule has 8 nitrogen and oxygen atoms in total. The predicted octanol–water partition coefficient (Wildman–Crippen LogP) is 4.84. The summed E-state index contributed by atoms with van der Waals surface area (Å²) in [7, 11) is 0. The van der Waals surface area contributed by atoms with Crippen molar-refractivity contribution in [2.45, 2.75) is 116 Å². The van der Waals surface area contributed by atoms with Crippen LogP contribution in [-0.2, 0) is 19.1 Å². The maximum absolute atomic E-state index is 13.4. The monoisotopic (exact) mass is 559 g/mol. The fraction of sp³-hybridized carbons (Fsp3) is 0.808. The first kappa shape index (κ1) is 29.9. The number of carbonyl (C=O) groups excluding carboxylic acids is 3. The summed E-state index contributed by atoms with van der Waals surface area (Å²) < 4.78 is 11.6. The Hall–Kier alpha value is -1.29. The van der Waals surface area contributed by atoms with Gasteiger partial charge in [-0.2, -0.15) is 0 Å².